The highest BCUT2D eigenvalue weighted by molar-refractivity contribution is 5.95. The van der Waals surface area contributed by atoms with Gasteiger partial charge in [0.05, 0.1) is 24.5 Å². The molecule has 0 aliphatic rings. The number of hydrogen-bond acceptors (Lipinski definition) is 15. The Bertz CT molecular complexity index is 3050. The van der Waals surface area contributed by atoms with Crippen molar-refractivity contribution in [2.75, 3.05) is 33.5 Å². The van der Waals surface area contributed by atoms with Crippen LogP contribution in [0.25, 0.3) is 18.2 Å². The molecule has 81 heavy (non-hydrogen) atoms. The minimum Gasteiger partial charge on any atom is -0.496 e. The molecule has 0 radical (unpaired) electrons. The fourth-order valence-corrected chi connectivity index (χ4v) is 6.37. The Balaban J connectivity index is 0.000000416. The van der Waals surface area contributed by atoms with Crippen LogP contribution in [0.4, 0.5) is 0 Å². The number of nitriles is 3. The molecular formula is C66H75N3O12. The molecule has 1 unspecified atom stereocenters. The van der Waals surface area contributed by atoms with Crippen LogP contribution in [0, 0.1) is 58.7 Å². The van der Waals surface area contributed by atoms with Crippen molar-refractivity contribution in [3.63, 3.8) is 0 Å². The zero-order chi connectivity index (χ0) is 60.4. The second-order valence-corrected chi connectivity index (χ2v) is 19.5. The quantitative estimate of drug-likeness (QED) is 0.0131. The van der Waals surface area contributed by atoms with E-state index in [0.29, 0.717) is 30.3 Å². The summed E-state index contributed by atoms with van der Waals surface area (Å²) in [6.45, 7) is 18.6. The van der Waals surface area contributed by atoms with E-state index in [9.17, 15) is 29.1 Å². The van der Waals surface area contributed by atoms with Gasteiger partial charge in [0.1, 0.15) is 72.9 Å². The molecule has 0 saturated carbocycles. The lowest BCUT2D eigenvalue weighted by atomic mass is 9.91. The second-order valence-electron chi connectivity index (χ2n) is 19.5. The molecule has 4 aromatic carbocycles. The SMILES string of the molecule is CCC(C)(C)C(=O)OCCOC(=O)/C(C#N)=C/C=C/c1cc(C)ccc1CO.CCC(C)(C)C(=O)OCCOC(=O)/C(C#N)=C/C=C/c1ccc(C)cc1OC.CCC(C)c1ccc(OC(=O)/C(C#N)=C/C=C/c2ccccc2)cc1. The zero-order valence-corrected chi connectivity index (χ0v) is 48.4. The van der Waals surface area contributed by atoms with Crippen molar-refractivity contribution in [3.05, 3.63) is 183 Å². The maximum absolute atomic E-state index is 12.1. The van der Waals surface area contributed by atoms with E-state index in [-0.39, 0.29) is 61.7 Å². The molecule has 0 saturated heterocycles. The number of methoxy groups -OCH3 is 1. The van der Waals surface area contributed by atoms with Crippen LogP contribution in [0.3, 0.4) is 0 Å². The third-order valence-electron chi connectivity index (χ3n) is 12.6. The molecule has 0 aliphatic carbocycles. The van der Waals surface area contributed by atoms with Gasteiger partial charge in [-0.2, -0.15) is 15.8 Å². The minimum absolute atomic E-state index is 0.0433. The highest BCUT2D eigenvalue weighted by atomic mass is 16.6. The second kappa shape index (κ2) is 36.1. The number of esters is 5. The smallest absolute Gasteiger partial charge is 0.354 e. The van der Waals surface area contributed by atoms with Crippen LogP contribution in [0.5, 0.6) is 11.5 Å². The van der Waals surface area contributed by atoms with Crippen LogP contribution >= 0.6 is 0 Å². The Morgan fingerprint density at radius 3 is 1.51 bits per heavy atom. The summed E-state index contributed by atoms with van der Waals surface area (Å²) in [4.78, 5) is 59.7. The molecule has 0 heterocycles. The number of nitrogens with zero attached hydrogens (tertiary/aromatic N) is 3. The molecule has 0 aromatic heterocycles. The van der Waals surface area contributed by atoms with Gasteiger partial charge in [0.25, 0.3) is 0 Å². The average molecular weight is 1100 g/mol. The molecule has 4 rings (SSSR count). The van der Waals surface area contributed by atoms with Gasteiger partial charge in [-0.25, -0.2) is 14.4 Å². The van der Waals surface area contributed by atoms with Gasteiger partial charge < -0.3 is 33.5 Å². The monoisotopic (exact) mass is 1100 g/mol. The van der Waals surface area contributed by atoms with Gasteiger partial charge >= 0.3 is 29.8 Å². The summed E-state index contributed by atoms with van der Waals surface area (Å²) in [6, 6.07) is 33.9. The Kier molecular flexibility index (Phi) is 30.3. The minimum atomic E-state index is -0.787. The van der Waals surface area contributed by atoms with E-state index in [1.165, 1.54) is 23.8 Å². The number of aliphatic hydroxyl groups is 1. The van der Waals surface area contributed by atoms with Crippen molar-refractivity contribution in [2.24, 2.45) is 10.8 Å². The highest BCUT2D eigenvalue weighted by Crippen LogP contribution is 2.25. The van der Waals surface area contributed by atoms with E-state index in [4.69, 9.17) is 44.2 Å². The van der Waals surface area contributed by atoms with Crippen LogP contribution in [-0.2, 0) is 49.5 Å². The van der Waals surface area contributed by atoms with Crippen LogP contribution in [0.1, 0.15) is 120 Å². The highest BCUT2D eigenvalue weighted by Gasteiger charge is 2.28. The van der Waals surface area contributed by atoms with Crippen molar-refractivity contribution >= 4 is 48.1 Å². The maximum atomic E-state index is 12.1. The molecular weight excluding hydrogens is 1030 g/mol. The molecule has 0 spiro atoms. The van der Waals surface area contributed by atoms with E-state index in [1.54, 1.807) is 89.5 Å². The largest absolute Gasteiger partial charge is 0.496 e. The summed E-state index contributed by atoms with van der Waals surface area (Å²) >= 11 is 0. The maximum Gasteiger partial charge on any atom is 0.354 e. The molecule has 0 bridgehead atoms. The molecule has 0 aliphatic heterocycles. The molecule has 15 nitrogen and oxygen atoms in total. The predicted molar refractivity (Wildman–Crippen MR) is 312 cm³/mol. The first-order valence-electron chi connectivity index (χ1n) is 26.4. The number of carbonyl (C=O) groups excluding carboxylic acids is 5. The number of ether oxygens (including phenoxy) is 6. The fourth-order valence-electron chi connectivity index (χ4n) is 6.37. The zero-order valence-electron chi connectivity index (χ0n) is 48.4. The van der Waals surface area contributed by atoms with E-state index >= 15 is 0 Å². The number of hydrogen-bond donors (Lipinski definition) is 1. The summed E-state index contributed by atoms with van der Waals surface area (Å²) in [5.41, 5.74) is 5.11. The molecule has 15 heteroatoms. The first kappa shape index (κ1) is 68.0. The lowest BCUT2D eigenvalue weighted by molar-refractivity contribution is -0.158. The van der Waals surface area contributed by atoms with Crippen molar-refractivity contribution in [2.45, 2.75) is 101 Å². The van der Waals surface area contributed by atoms with E-state index in [1.807, 2.05) is 119 Å². The van der Waals surface area contributed by atoms with Gasteiger partial charge in [-0.15, -0.1) is 0 Å². The van der Waals surface area contributed by atoms with Gasteiger partial charge in [-0.1, -0.05) is 143 Å². The number of carbonyl (C=O) groups is 5. The van der Waals surface area contributed by atoms with Crippen LogP contribution in [-0.4, -0.2) is 68.5 Å². The normalized spacial score (nSPS) is 12.1. The topological polar surface area (TPSA) is 232 Å². The standard InChI is InChI=1S/2C22H27NO5.C22H21NO2/c1-6-22(3,4)21(25)28-13-12-27-20(24)18(15-23)9-7-8-17-11-10-16(2)14-19(17)26-5;1-5-22(3,4)21(26)28-12-11-27-20(25)18(14-23)8-6-7-17-13-16(2)9-10-19(17)15-24;1-3-17(2)19-12-14-21(15-13-19)25-22(24)20(16-23)11-7-10-18-8-5-4-6-9-18/h7-11,14H,6,12-13H2,1-5H3;6-10,13,24H,5,11-12,15H2,1-4H3;4-15,17H,3H2,1-2H3/b8-7+,18-9+;7-6+,18-8+;10-7+,20-11+. The summed E-state index contributed by atoms with van der Waals surface area (Å²) in [5, 5.41) is 36.8. The number of allylic oxidation sites excluding steroid dienone is 6. The van der Waals surface area contributed by atoms with Crippen molar-refractivity contribution in [1.29, 1.82) is 15.8 Å². The average Bonchev–Trinajstić information content (AvgIpc) is 3.47. The van der Waals surface area contributed by atoms with Crippen LogP contribution < -0.4 is 9.47 Å². The third kappa shape index (κ3) is 24.6. The number of aryl methyl sites for hydroxylation is 2. The Morgan fingerprint density at radius 2 is 1.04 bits per heavy atom. The lowest BCUT2D eigenvalue weighted by Gasteiger charge is -2.20. The summed E-state index contributed by atoms with van der Waals surface area (Å²) in [6.07, 6.45) is 16.6. The van der Waals surface area contributed by atoms with Crippen molar-refractivity contribution < 1.29 is 57.5 Å². The first-order chi connectivity index (χ1) is 38.6. The Morgan fingerprint density at radius 1 is 0.580 bits per heavy atom. The number of benzene rings is 4. The third-order valence-corrected chi connectivity index (χ3v) is 12.6. The summed E-state index contributed by atoms with van der Waals surface area (Å²) in [7, 11) is 1.58. The molecule has 0 fully saturated rings. The molecule has 426 valence electrons. The summed E-state index contributed by atoms with van der Waals surface area (Å²) in [5.74, 6) is -1.33. The van der Waals surface area contributed by atoms with Gasteiger partial charge in [-0.3, -0.25) is 9.59 Å². The molecule has 0 amide bonds. The van der Waals surface area contributed by atoms with E-state index in [0.717, 1.165) is 39.8 Å². The van der Waals surface area contributed by atoms with E-state index in [2.05, 4.69) is 13.8 Å². The first-order valence-corrected chi connectivity index (χ1v) is 26.4. The predicted octanol–water partition coefficient (Wildman–Crippen LogP) is 12.7. The molecule has 4 aromatic rings. The van der Waals surface area contributed by atoms with Crippen LogP contribution in [0.2, 0.25) is 0 Å². The van der Waals surface area contributed by atoms with Gasteiger partial charge in [0.2, 0.25) is 0 Å². The van der Waals surface area contributed by atoms with Crippen molar-refractivity contribution in [3.8, 4) is 29.7 Å². The lowest BCUT2D eigenvalue weighted by Crippen LogP contribution is -2.27. The Hall–Kier alpha value is -9.10. The van der Waals surface area contributed by atoms with Gasteiger partial charge in [0.15, 0.2) is 0 Å². The molecule has 1 atom stereocenters. The van der Waals surface area contributed by atoms with E-state index < -0.39 is 28.7 Å². The Labute approximate surface area is 477 Å². The molecule has 1 N–H and O–H groups in total. The summed E-state index contributed by atoms with van der Waals surface area (Å²) < 4.78 is 30.7. The fraction of sp³-hybridized carbons (Fsp3) is 0.333. The van der Waals surface area contributed by atoms with Gasteiger partial charge in [-0.05, 0) is 131 Å². The number of aliphatic hydroxyl groups excluding tert-OH is 1. The van der Waals surface area contributed by atoms with Crippen molar-refractivity contribution in [1.82, 2.24) is 0 Å². The van der Waals surface area contributed by atoms with Gasteiger partial charge in [0, 0.05) is 5.56 Å². The van der Waals surface area contributed by atoms with Crippen LogP contribution in [0.15, 0.2) is 144 Å². The number of rotatable bonds is 24.